The summed E-state index contributed by atoms with van der Waals surface area (Å²) in [6, 6.07) is 3.73. The molecule has 0 fully saturated rings. The quantitative estimate of drug-likeness (QED) is 0.551. The van der Waals surface area contributed by atoms with Gasteiger partial charge in [-0.1, -0.05) is 6.07 Å². The highest BCUT2D eigenvalue weighted by molar-refractivity contribution is 5.75. The Labute approximate surface area is 88.8 Å². The Morgan fingerprint density at radius 1 is 1.25 bits per heavy atom. The molecule has 0 atom stereocenters. The molecule has 0 radical (unpaired) electrons. The summed E-state index contributed by atoms with van der Waals surface area (Å²) >= 11 is 0. The molecule has 1 aliphatic heterocycles. The van der Waals surface area contributed by atoms with Crippen molar-refractivity contribution in [2.24, 2.45) is 0 Å². The number of esters is 1. The largest absolute Gasteiger partial charge is 0.573 e. The lowest BCUT2D eigenvalue weighted by Gasteiger charge is -2.16. The molecule has 86 valence electrons. The third-order valence-corrected chi connectivity index (χ3v) is 2.09. The summed E-state index contributed by atoms with van der Waals surface area (Å²) in [7, 11) is 0. The van der Waals surface area contributed by atoms with Gasteiger partial charge in [-0.3, -0.25) is 4.79 Å². The molecule has 0 bridgehead atoms. The molecule has 1 heterocycles. The molecule has 3 nitrogen and oxygen atoms in total. The molecule has 1 aliphatic rings. The van der Waals surface area contributed by atoms with Crippen LogP contribution in [0.4, 0.5) is 13.2 Å². The van der Waals surface area contributed by atoms with Crippen LogP contribution >= 0.6 is 0 Å². The van der Waals surface area contributed by atoms with Gasteiger partial charge in [-0.15, -0.1) is 13.2 Å². The zero-order chi connectivity index (χ0) is 11.8. The average Bonchev–Trinajstić information content (AvgIpc) is 2.14. The second kappa shape index (κ2) is 3.70. The number of carbonyl (C=O) groups is 1. The van der Waals surface area contributed by atoms with Gasteiger partial charge in [-0.2, -0.15) is 0 Å². The molecule has 0 amide bonds. The van der Waals surface area contributed by atoms with Crippen molar-refractivity contribution in [1.82, 2.24) is 0 Å². The van der Waals surface area contributed by atoms with Crippen molar-refractivity contribution >= 4 is 5.97 Å². The van der Waals surface area contributed by atoms with E-state index in [-0.39, 0.29) is 17.9 Å². The third kappa shape index (κ3) is 2.44. The van der Waals surface area contributed by atoms with Gasteiger partial charge in [0.2, 0.25) is 0 Å². The van der Waals surface area contributed by atoms with Crippen LogP contribution in [-0.2, 0) is 11.2 Å². The zero-order valence-electron chi connectivity index (χ0n) is 8.00. The molecule has 0 saturated heterocycles. The van der Waals surface area contributed by atoms with E-state index in [4.69, 9.17) is 4.74 Å². The highest BCUT2D eigenvalue weighted by Crippen LogP contribution is 2.31. The summed E-state index contributed by atoms with van der Waals surface area (Å²) in [6.45, 7) is 0. The fourth-order valence-electron chi connectivity index (χ4n) is 1.44. The maximum Gasteiger partial charge on any atom is 0.573 e. The zero-order valence-corrected chi connectivity index (χ0v) is 8.00. The summed E-state index contributed by atoms with van der Waals surface area (Å²) in [5.74, 6) is -0.699. The molecule has 2 rings (SSSR count). The van der Waals surface area contributed by atoms with E-state index in [2.05, 4.69) is 4.74 Å². The van der Waals surface area contributed by atoms with E-state index < -0.39 is 12.3 Å². The summed E-state index contributed by atoms with van der Waals surface area (Å²) in [5, 5.41) is 0. The Kier molecular flexibility index (Phi) is 2.49. The lowest BCUT2D eigenvalue weighted by atomic mass is 10.1. The first-order chi connectivity index (χ1) is 7.44. The van der Waals surface area contributed by atoms with Crippen LogP contribution in [0, 0.1) is 0 Å². The van der Waals surface area contributed by atoms with Crippen molar-refractivity contribution < 1.29 is 27.4 Å². The number of carbonyl (C=O) groups excluding carboxylic acids is 1. The van der Waals surface area contributed by atoms with Gasteiger partial charge in [0.15, 0.2) is 0 Å². The number of benzene rings is 1. The van der Waals surface area contributed by atoms with Crippen LogP contribution in [0.25, 0.3) is 0 Å². The Morgan fingerprint density at radius 2 is 2.00 bits per heavy atom. The van der Waals surface area contributed by atoms with Crippen molar-refractivity contribution in [2.75, 3.05) is 0 Å². The minimum Gasteiger partial charge on any atom is -0.426 e. The monoisotopic (exact) mass is 232 g/mol. The van der Waals surface area contributed by atoms with Crippen molar-refractivity contribution in [2.45, 2.75) is 19.2 Å². The highest BCUT2D eigenvalue weighted by Gasteiger charge is 2.31. The molecule has 1 aromatic carbocycles. The number of rotatable bonds is 1. The minimum absolute atomic E-state index is 0.137. The molecule has 0 saturated carbocycles. The van der Waals surface area contributed by atoms with Gasteiger partial charge in [-0.25, -0.2) is 0 Å². The van der Waals surface area contributed by atoms with Crippen LogP contribution in [0.1, 0.15) is 12.0 Å². The van der Waals surface area contributed by atoms with Gasteiger partial charge >= 0.3 is 12.3 Å². The fourth-order valence-corrected chi connectivity index (χ4v) is 1.44. The predicted molar refractivity (Wildman–Crippen MR) is 47.1 cm³/mol. The first kappa shape index (κ1) is 10.8. The van der Waals surface area contributed by atoms with Gasteiger partial charge in [0, 0.05) is 6.07 Å². The van der Waals surface area contributed by atoms with Crippen LogP contribution in [0.2, 0.25) is 0 Å². The van der Waals surface area contributed by atoms with Gasteiger partial charge in [0.1, 0.15) is 11.5 Å². The first-order valence-electron chi connectivity index (χ1n) is 4.53. The molecule has 0 aliphatic carbocycles. The number of ether oxygens (including phenoxy) is 2. The van der Waals surface area contributed by atoms with Crippen molar-refractivity contribution in [1.29, 1.82) is 0 Å². The second-order valence-electron chi connectivity index (χ2n) is 3.29. The van der Waals surface area contributed by atoms with Crippen LogP contribution in [0.5, 0.6) is 11.5 Å². The molecule has 0 spiro atoms. The molecule has 16 heavy (non-hydrogen) atoms. The number of fused-ring (bicyclic) bond motifs is 1. The topological polar surface area (TPSA) is 35.5 Å². The smallest absolute Gasteiger partial charge is 0.426 e. The van der Waals surface area contributed by atoms with Crippen molar-refractivity contribution in [3.63, 3.8) is 0 Å². The first-order valence-corrected chi connectivity index (χ1v) is 4.53. The van der Waals surface area contributed by atoms with Crippen molar-refractivity contribution in [3.05, 3.63) is 23.8 Å². The summed E-state index contributed by atoms with van der Waals surface area (Å²) in [4.78, 5) is 10.9. The Hall–Kier alpha value is -1.72. The van der Waals surface area contributed by atoms with Crippen LogP contribution in [0.3, 0.4) is 0 Å². The molecule has 0 N–H and O–H groups in total. The molecular weight excluding hydrogens is 225 g/mol. The molecular formula is C10H7F3O3. The van der Waals surface area contributed by atoms with Gasteiger partial charge in [-0.05, 0) is 18.1 Å². The highest BCUT2D eigenvalue weighted by atomic mass is 19.4. The number of hydrogen-bond donors (Lipinski definition) is 0. The second-order valence-corrected chi connectivity index (χ2v) is 3.29. The number of alkyl halides is 3. The summed E-state index contributed by atoms with van der Waals surface area (Å²) < 4.78 is 44.3. The Balaban J connectivity index is 2.24. The van der Waals surface area contributed by atoms with Gasteiger partial charge < -0.3 is 9.47 Å². The minimum atomic E-state index is -4.74. The molecule has 0 aromatic heterocycles. The predicted octanol–water partition coefficient (Wildman–Crippen LogP) is 2.44. The van der Waals surface area contributed by atoms with Crippen LogP contribution < -0.4 is 9.47 Å². The normalized spacial score (nSPS) is 15.3. The molecule has 1 aromatic rings. The Morgan fingerprint density at radius 3 is 2.69 bits per heavy atom. The standard InChI is InChI=1S/C10H7F3O3/c11-10(12,13)16-7-3-1-6-2-4-9(14)15-8(6)5-7/h1,3,5H,2,4H2. The van der Waals surface area contributed by atoms with E-state index in [0.29, 0.717) is 12.0 Å². The van der Waals surface area contributed by atoms with Gasteiger partial charge in [0.05, 0.1) is 6.42 Å². The van der Waals surface area contributed by atoms with Crippen LogP contribution in [0.15, 0.2) is 18.2 Å². The molecule has 0 unspecified atom stereocenters. The summed E-state index contributed by atoms with van der Waals surface area (Å²) in [6.07, 6.45) is -4.03. The molecule has 6 heteroatoms. The SMILES string of the molecule is O=C1CCc2ccc(OC(F)(F)F)cc2O1. The number of aryl methyl sites for hydroxylation is 1. The Bertz CT molecular complexity index is 426. The number of hydrogen-bond acceptors (Lipinski definition) is 3. The maximum absolute atomic E-state index is 11.9. The van der Waals surface area contributed by atoms with E-state index >= 15 is 0 Å². The van der Waals surface area contributed by atoms with Crippen LogP contribution in [-0.4, -0.2) is 12.3 Å². The average molecular weight is 232 g/mol. The van der Waals surface area contributed by atoms with E-state index in [1.54, 1.807) is 0 Å². The maximum atomic E-state index is 11.9. The van der Waals surface area contributed by atoms with Gasteiger partial charge in [0.25, 0.3) is 0 Å². The third-order valence-electron chi connectivity index (χ3n) is 2.09. The van der Waals surface area contributed by atoms with Crippen molar-refractivity contribution in [3.8, 4) is 11.5 Å². The van der Waals surface area contributed by atoms with E-state index in [9.17, 15) is 18.0 Å². The number of halogens is 3. The van der Waals surface area contributed by atoms with E-state index in [1.165, 1.54) is 12.1 Å². The lowest BCUT2D eigenvalue weighted by molar-refractivity contribution is -0.274. The van der Waals surface area contributed by atoms with E-state index in [1.807, 2.05) is 0 Å². The fraction of sp³-hybridized carbons (Fsp3) is 0.300. The summed E-state index contributed by atoms with van der Waals surface area (Å²) in [5.41, 5.74) is 0.703. The lowest BCUT2D eigenvalue weighted by Crippen LogP contribution is -2.18. The van der Waals surface area contributed by atoms with E-state index in [0.717, 1.165) is 6.07 Å².